The van der Waals surface area contributed by atoms with E-state index in [1.54, 1.807) is 20.4 Å². The van der Waals surface area contributed by atoms with Crippen LogP contribution in [0.25, 0.3) is 0 Å². The highest BCUT2D eigenvalue weighted by Crippen LogP contribution is 2.28. The third-order valence-electron chi connectivity index (χ3n) is 3.35. The van der Waals surface area contributed by atoms with Gasteiger partial charge in [0, 0.05) is 12.2 Å². The molecule has 0 bridgehead atoms. The molecule has 2 rings (SSSR count). The Bertz CT molecular complexity index is 602. The summed E-state index contributed by atoms with van der Waals surface area (Å²) in [5.41, 5.74) is 14.1. The number of rotatable bonds is 6. The quantitative estimate of drug-likeness (QED) is 0.846. The summed E-state index contributed by atoms with van der Waals surface area (Å²) in [5, 5.41) is 0. The molecule has 0 fully saturated rings. The van der Waals surface area contributed by atoms with Gasteiger partial charge in [-0.3, -0.25) is 0 Å². The largest absolute Gasteiger partial charge is 0.493 e. The zero-order chi connectivity index (χ0) is 15.2. The maximum Gasteiger partial charge on any atom is 0.160 e. The van der Waals surface area contributed by atoms with Gasteiger partial charge < -0.3 is 20.9 Å². The van der Waals surface area contributed by atoms with Crippen molar-refractivity contribution in [1.82, 2.24) is 4.98 Å². The number of pyridine rings is 1. The van der Waals surface area contributed by atoms with Gasteiger partial charge in [0.05, 0.1) is 14.2 Å². The fraction of sp³-hybridized carbons (Fsp3) is 0.312. The summed E-state index contributed by atoms with van der Waals surface area (Å²) in [6.45, 7) is 0. The molecule has 0 aliphatic rings. The van der Waals surface area contributed by atoms with Crippen LogP contribution in [0.3, 0.4) is 0 Å². The van der Waals surface area contributed by atoms with Crippen molar-refractivity contribution in [2.45, 2.75) is 18.9 Å². The van der Waals surface area contributed by atoms with E-state index in [4.69, 9.17) is 20.9 Å². The fourth-order valence-electron chi connectivity index (χ4n) is 2.29. The number of hydrogen-bond acceptors (Lipinski definition) is 5. The molecule has 1 unspecified atom stereocenters. The van der Waals surface area contributed by atoms with Crippen LogP contribution in [0.2, 0.25) is 0 Å². The van der Waals surface area contributed by atoms with Crippen molar-refractivity contribution in [3.05, 3.63) is 47.7 Å². The highest BCUT2D eigenvalue weighted by atomic mass is 16.5. The fourth-order valence-corrected chi connectivity index (χ4v) is 2.29. The lowest BCUT2D eigenvalue weighted by Gasteiger charge is -2.14. The number of benzene rings is 1. The second kappa shape index (κ2) is 6.95. The van der Waals surface area contributed by atoms with Gasteiger partial charge in [-0.25, -0.2) is 4.98 Å². The Balaban J connectivity index is 2.06. The molecule has 0 aliphatic carbocycles. The van der Waals surface area contributed by atoms with Crippen LogP contribution in [0.5, 0.6) is 11.5 Å². The normalized spacial score (nSPS) is 12.0. The average Bonchev–Trinajstić information content (AvgIpc) is 2.49. The Morgan fingerprint density at radius 1 is 1.10 bits per heavy atom. The van der Waals surface area contributed by atoms with E-state index in [1.165, 1.54) is 0 Å². The standard InChI is InChI=1S/C16H21N3O2/c1-20-14-6-5-11(9-15(14)21-2)8-13(17)10-12-4-3-7-19-16(12)18/h3-7,9,13H,8,10,17H2,1-2H3,(H2,18,19). The minimum absolute atomic E-state index is 0.0328. The predicted molar refractivity (Wildman–Crippen MR) is 83.6 cm³/mol. The summed E-state index contributed by atoms with van der Waals surface area (Å²) in [5.74, 6) is 1.97. The molecule has 0 radical (unpaired) electrons. The second-order valence-corrected chi connectivity index (χ2v) is 4.91. The Labute approximate surface area is 124 Å². The number of hydrogen-bond donors (Lipinski definition) is 2. The summed E-state index contributed by atoms with van der Waals surface area (Å²) >= 11 is 0. The molecule has 2 aromatic rings. The first-order valence-electron chi connectivity index (χ1n) is 6.80. The first-order valence-corrected chi connectivity index (χ1v) is 6.80. The Morgan fingerprint density at radius 3 is 2.52 bits per heavy atom. The van der Waals surface area contributed by atoms with Crippen LogP contribution < -0.4 is 20.9 Å². The zero-order valence-electron chi connectivity index (χ0n) is 12.4. The highest BCUT2D eigenvalue weighted by Gasteiger charge is 2.10. The number of nitrogens with zero attached hydrogens (tertiary/aromatic N) is 1. The number of anilines is 1. The van der Waals surface area contributed by atoms with Crippen LogP contribution in [0.15, 0.2) is 36.5 Å². The summed E-state index contributed by atoms with van der Waals surface area (Å²) in [6.07, 6.45) is 3.10. The third kappa shape index (κ3) is 3.86. The van der Waals surface area contributed by atoms with E-state index in [0.717, 1.165) is 17.5 Å². The van der Waals surface area contributed by atoms with Crippen LogP contribution in [-0.2, 0) is 12.8 Å². The van der Waals surface area contributed by atoms with Crippen LogP contribution >= 0.6 is 0 Å². The molecule has 5 heteroatoms. The molecule has 1 aromatic carbocycles. The minimum Gasteiger partial charge on any atom is -0.493 e. The summed E-state index contributed by atoms with van der Waals surface area (Å²) in [7, 11) is 3.24. The SMILES string of the molecule is COc1ccc(CC(N)Cc2cccnc2N)cc1OC. The van der Waals surface area contributed by atoms with Gasteiger partial charge >= 0.3 is 0 Å². The van der Waals surface area contributed by atoms with E-state index < -0.39 is 0 Å². The first kappa shape index (κ1) is 15.1. The van der Waals surface area contributed by atoms with E-state index in [0.29, 0.717) is 23.7 Å². The smallest absolute Gasteiger partial charge is 0.160 e. The van der Waals surface area contributed by atoms with Gasteiger partial charge in [0.25, 0.3) is 0 Å². The van der Waals surface area contributed by atoms with Gasteiger partial charge in [-0.2, -0.15) is 0 Å². The van der Waals surface area contributed by atoms with E-state index in [2.05, 4.69) is 4.98 Å². The average molecular weight is 287 g/mol. The number of ether oxygens (including phenoxy) is 2. The highest BCUT2D eigenvalue weighted by molar-refractivity contribution is 5.43. The summed E-state index contributed by atoms with van der Waals surface area (Å²) in [6, 6.07) is 9.62. The maximum absolute atomic E-state index is 6.21. The van der Waals surface area contributed by atoms with Crippen molar-refractivity contribution in [2.24, 2.45) is 5.73 Å². The lowest BCUT2D eigenvalue weighted by atomic mass is 10.00. The molecule has 0 aliphatic heterocycles. The molecule has 1 heterocycles. The van der Waals surface area contributed by atoms with E-state index in [1.807, 2.05) is 30.3 Å². The Morgan fingerprint density at radius 2 is 1.86 bits per heavy atom. The van der Waals surface area contributed by atoms with Gasteiger partial charge in [-0.1, -0.05) is 12.1 Å². The van der Waals surface area contributed by atoms with Crippen LogP contribution in [-0.4, -0.2) is 25.2 Å². The number of nitrogen functional groups attached to an aromatic ring is 1. The van der Waals surface area contributed by atoms with Gasteiger partial charge in [0.2, 0.25) is 0 Å². The molecule has 112 valence electrons. The molecule has 4 N–H and O–H groups in total. The van der Waals surface area contributed by atoms with Crippen LogP contribution in [0.4, 0.5) is 5.82 Å². The maximum atomic E-state index is 6.21. The molecule has 0 saturated carbocycles. The van der Waals surface area contributed by atoms with Gasteiger partial charge in [0.15, 0.2) is 11.5 Å². The first-order chi connectivity index (χ1) is 10.1. The zero-order valence-corrected chi connectivity index (χ0v) is 12.4. The van der Waals surface area contributed by atoms with Crippen molar-refractivity contribution < 1.29 is 9.47 Å². The minimum atomic E-state index is -0.0328. The molecular weight excluding hydrogens is 266 g/mol. The van der Waals surface area contributed by atoms with Crippen molar-refractivity contribution >= 4 is 5.82 Å². The monoisotopic (exact) mass is 287 g/mol. The molecule has 1 aromatic heterocycles. The van der Waals surface area contributed by atoms with Crippen molar-refractivity contribution in [2.75, 3.05) is 20.0 Å². The summed E-state index contributed by atoms with van der Waals surface area (Å²) in [4.78, 5) is 4.07. The molecule has 1 atom stereocenters. The van der Waals surface area contributed by atoms with Gasteiger partial charge in [0.1, 0.15) is 5.82 Å². The molecule has 0 spiro atoms. The van der Waals surface area contributed by atoms with Crippen LogP contribution in [0.1, 0.15) is 11.1 Å². The lowest BCUT2D eigenvalue weighted by Crippen LogP contribution is -2.26. The molecule has 0 amide bonds. The van der Waals surface area contributed by atoms with Crippen LogP contribution in [0, 0.1) is 0 Å². The lowest BCUT2D eigenvalue weighted by molar-refractivity contribution is 0.354. The topological polar surface area (TPSA) is 83.4 Å². The Kier molecular flexibility index (Phi) is 5.00. The number of aromatic nitrogens is 1. The number of nitrogens with two attached hydrogens (primary N) is 2. The van der Waals surface area contributed by atoms with Crippen molar-refractivity contribution in [3.8, 4) is 11.5 Å². The predicted octanol–water partition coefficient (Wildman–Crippen LogP) is 1.79. The van der Waals surface area contributed by atoms with E-state index >= 15 is 0 Å². The molecular formula is C16H21N3O2. The van der Waals surface area contributed by atoms with Gasteiger partial charge in [-0.05, 0) is 42.2 Å². The summed E-state index contributed by atoms with van der Waals surface area (Å²) < 4.78 is 10.5. The Hall–Kier alpha value is -2.27. The molecule has 0 saturated heterocycles. The number of methoxy groups -OCH3 is 2. The molecule has 21 heavy (non-hydrogen) atoms. The molecule has 5 nitrogen and oxygen atoms in total. The third-order valence-corrected chi connectivity index (χ3v) is 3.35. The van der Waals surface area contributed by atoms with E-state index in [9.17, 15) is 0 Å². The second-order valence-electron chi connectivity index (χ2n) is 4.91. The van der Waals surface area contributed by atoms with Gasteiger partial charge in [-0.15, -0.1) is 0 Å². The van der Waals surface area contributed by atoms with E-state index in [-0.39, 0.29) is 6.04 Å². The van der Waals surface area contributed by atoms with Crippen molar-refractivity contribution in [3.63, 3.8) is 0 Å². The van der Waals surface area contributed by atoms with Crippen molar-refractivity contribution in [1.29, 1.82) is 0 Å².